The molecule has 0 saturated carbocycles. The number of morpholine rings is 1. The van der Waals surface area contributed by atoms with Gasteiger partial charge in [0.1, 0.15) is 4.90 Å². The summed E-state index contributed by atoms with van der Waals surface area (Å²) in [5.41, 5.74) is 0.875. The van der Waals surface area contributed by atoms with E-state index in [4.69, 9.17) is 4.74 Å². The molecule has 0 amide bonds. The zero-order valence-corrected chi connectivity index (χ0v) is 17.4. The molecule has 0 bridgehead atoms. The SMILES string of the molecule is CC(Sc1ccc(S(=O)(=O)N2CCOCC2)cn1)c1nnnn1-c1ccccc1. The van der Waals surface area contributed by atoms with Crippen molar-refractivity contribution in [1.29, 1.82) is 0 Å². The molecule has 1 aliphatic heterocycles. The van der Waals surface area contributed by atoms with Crippen molar-refractivity contribution in [2.75, 3.05) is 26.3 Å². The second kappa shape index (κ2) is 8.57. The summed E-state index contributed by atoms with van der Waals surface area (Å²) in [7, 11) is -3.55. The van der Waals surface area contributed by atoms with Gasteiger partial charge in [-0.15, -0.1) is 5.10 Å². The highest BCUT2D eigenvalue weighted by Gasteiger charge is 2.26. The van der Waals surface area contributed by atoms with Crippen molar-refractivity contribution in [2.45, 2.75) is 22.1 Å². The molecule has 152 valence electrons. The molecular weight excluding hydrogens is 412 g/mol. The van der Waals surface area contributed by atoms with E-state index in [1.807, 2.05) is 37.3 Å². The molecule has 1 aromatic carbocycles. The molecule has 3 heterocycles. The molecule has 29 heavy (non-hydrogen) atoms. The highest BCUT2D eigenvalue weighted by molar-refractivity contribution is 7.99. The Morgan fingerprint density at radius 2 is 1.86 bits per heavy atom. The first-order valence-electron chi connectivity index (χ1n) is 9.10. The maximum atomic E-state index is 12.7. The number of sulfonamides is 1. The first-order chi connectivity index (χ1) is 14.1. The number of rotatable bonds is 6. The van der Waals surface area contributed by atoms with Crippen LogP contribution in [0.25, 0.3) is 5.69 Å². The lowest BCUT2D eigenvalue weighted by Gasteiger charge is -2.25. The smallest absolute Gasteiger partial charge is 0.244 e. The van der Waals surface area contributed by atoms with Crippen LogP contribution in [0.15, 0.2) is 58.6 Å². The number of thioether (sulfide) groups is 1. The highest BCUT2D eigenvalue weighted by Crippen LogP contribution is 2.33. The van der Waals surface area contributed by atoms with E-state index in [-0.39, 0.29) is 10.1 Å². The third-order valence-electron chi connectivity index (χ3n) is 4.47. The number of ether oxygens (including phenoxy) is 1. The molecule has 2 aromatic heterocycles. The van der Waals surface area contributed by atoms with Crippen LogP contribution >= 0.6 is 11.8 Å². The standard InChI is InChI=1S/C18H20N6O3S2/c1-14(18-20-21-22-24(18)15-5-3-2-4-6-15)28-17-8-7-16(13-19-17)29(25,26)23-9-11-27-12-10-23/h2-8,13-14H,9-12H2,1H3. The van der Waals surface area contributed by atoms with Crippen LogP contribution in [0.2, 0.25) is 0 Å². The lowest BCUT2D eigenvalue weighted by molar-refractivity contribution is 0.0730. The molecule has 1 saturated heterocycles. The summed E-state index contributed by atoms with van der Waals surface area (Å²) < 4.78 is 33.7. The molecule has 0 N–H and O–H groups in total. The van der Waals surface area contributed by atoms with Gasteiger partial charge in [-0.05, 0) is 41.6 Å². The quantitative estimate of drug-likeness (QED) is 0.545. The average Bonchev–Trinajstić information content (AvgIpc) is 3.26. The molecule has 0 aliphatic carbocycles. The Balaban J connectivity index is 1.49. The zero-order chi connectivity index (χ0) is 20.3. The summed E-state index contributed by atoms with van der Waals surface area (Å²) in [6, 6.07) is 12.9. The van der Waals surface area contributed by atoms with Gasteiger partial charge in [0.05, 0.1) is 29.2 Å². The van der Waals surface area contributed by atoms with E-state index in [2.05, 4.69) is 20.5 Å². The summed E-state index contributed by atoms with van der Waals surface area (Å²) in [6.45, 7) is 3.52. The van der Waals surface area contributed by atoms with E-state index in [0.29, 0.717) is 37.2 Å². The summed E-state index contributed by atoms with van der Waals surface area (Å²) in [4.78, 5) is 4.53. The fraction of sp³-hybridized carbons (Fsp3) is 0.333. The van der Waals surface area contributed by atoms with Crippen molar-refractivity contribution in [3.8, 4) is 5.69 Å². The third-order valence-corrected chi connectivity index (χ3v) is 7.40. The van der Waals surface area contributed by atoms with E-state index in [9.17, 15) is 8.42 Å². The molecule has 1 aliphatic rings. The van der Waals surface area contributed by atoms with Gasteiger partial charge in [-0.3, -0.25) is 0 Å². The number of nitrogens with zero attached hydrogens (tertiary/aromatic N) is 6. The summed E-state index contributed by atoms with van der Waals surface area (Å²) in [6.07, 6.45) is 1.40. The summed E-state index contributed by atoms with van der Waals surface area (Å²) in [5, 5.41) is 12.6. The molecule has 11 heteroatoms. The van der Waals surface area contributed by atoms with E-state index in [1.165, 1.54) is 22.3 Å². The van der Waals surface area contributed by atoms with Crippen LogP contribution in [-0.4, -0.2) is 64.2 Å². The van der Waals surface area contributed by atoms with Crippen LogP contribution in [0.1, 0.15) is 18.0 Å². The number of hydrogen-bond donors (Lipinski definition) is 0. The van der Waals surface area contributed by atoms with Gasteiger partial charge in [-0.1, -0.05) is 30.0 Å². The Kier molecular flexibility index (Phi) is 5.90. The number of tetrazole rings is 1. The Bertz CT molecular complexity index is 1050. The van der Waals surface area contributed by atoms with E-state index < -0.39 is 10.0 Å². The average molecular weight is 433 g/mol. The molecule has 1 fully saturated rings. The predicted octanol–water partition coefficient (Wildman–Crippen LogP) is 1.93. The van der Waals surface area contributed by atoms with Gasteiger partial charge in [0.2, 0.25) is 10.0 Å². The van der Waals surface area contributed by atoms with Gasteiger partial charge < -0.3 is 4.74 Å². The Morgan fingerprint density at radius 3 is 2.55 bits per heavy atom. The van der Waals surface area contributed by atoms with Crippen molar-refractivity contribution in [1.82, 2.24) is 29.5 Å². The molecule has 3 aromatic rings. The number of aromatic nitrogens is 5. The summed E-state index contributed by atoms with van der Waals surface area (Å²) >= 11 is 1.46. The second-order valence-corrected chi connectivity index (χ2v) is 9.69. The van der Waals surface area contributed by atoms with Crippen molar-refractivity contribution in [3.05, 3.63) is 54.5 Å². The van der Waals surface area contributed by atoms with E-state index in [1.54, 1.807) is 16.8 Å². The number of pyridine rings is 1. The molecule has 9 nitrogen and oxygen atoms in total. The highest BCUT2D eigenvalue weighted by atomic mass is 32.2. The predicted molar refractivity (Wildman–Crippen MR) is 107 cm³/mol. The molecule has 4 rings (SSSR count). The van der Waals surface area contributed by atoms with Crippen molar-refractivity contribution >= 4 is 21.8 Å². The Morgan fingerprint density at radius 1 is 1.10 bits per heavy atom. The van der Waals surface area contributed by atoms with Gasteiger partial charge in [-0.2, -0.15) is 8.99 Å². The van der Waals surface area contributed by atoms with Gasteiger partial charge in [-0.25, -0.2) is 13.4 Å². The largest absolute Gasteiger partial charge is 0.379 e. The maximum Gasteiger partial charge on any atom is 0.244 e. The minimum atomic E-state index is -3.55. The minimum absolute atomic E-state index is 0.0839. The molecule has 0 spiro atoms. The maximum absolute atomic E-state index is 12.7. The molecule has 1 atom stereocenters. The van der Waals surface area contributed by atoms with Gasteiger partial charge in [0.25, 0.3) is 0 Å². The van der Waals surface area contributed by atoms with E-state index >= 15 is 0 Å². The fourth-order valence-electron chi connectivity index (χ4n) is 2.96. The molecule has 0 radical (unpaired) electrons. The number of para-hydroxylation sites is 1. The first-order valence-corrected chi connectivity index (χ1v) is 11.4. The van der Waals surface area contributed by atoms with E-state index in [0.717, 1.165) is 5.69 Å². The van der Waals surface area contributed by atoms with Crippen LogP contribution < -0.4 is 0 Å². The van der Waals surface area contributed by atoms with Gasteiger partial charge in [0, 0.05) is 19.3 Å². The normalized spacial score (nSPS) is 16.6. The summed E-state index contributed by atoms with van der Waals surface area (Å²) in [5.74, 6) is 0.688. The lowest BCUT2D eigenvalue weighted by Crippen LogP contribution is -2.40. The van der Waals surface area contributed by atoms with Gasteiger partial charge >= 0.3 is 0 Å². The topological polar surface area (TPSA) is 103 Å². The van der Waals surface area contributed by atoms with Crippen LogP contribution in [0, 0.1) is 0 Å². The fourth-order valence-corrected chi connectivity index (χ4v) is 5.19. The first kappa shape index (κ1) is 20.0. The lowest BCUT2D eigenvalue weighted by atomic mass is 10.3. The monoisotopic (exact) mass is 432 g/mol. The third kappa shape index (κ3) is 4.32. The number of benzene rings is 1. The van der Waals surface area contributed by atoms with Crippen LogP contribution in [0.4, 0.5) is 0 Å². The molecule has 1 unspecified atom stereocenters. The molecular formula is C18H20N6O3S2. The minimum Gasteiger partial charge on any atom is -0.379 e. The van der Waals surface area contributed by atoms with Crippen LogP contribution in [0.3, 0.4) is 0 Å². The van der Waals surface area contributed by atoms with Crippen molar-refractivity contribution < 1.29 is 13.2 Å². The zero-order valence-electron chi connectivity index (χ0n) is 15.7. The van der Waals surface area contributed by atoms with Crippen molar-refractivity contribution in [2.24, 2.45) is 0 Å². The second-order valence-electron chi connectivity index (χ2n) is 6.39. The van der Waals surface area contributed by atoms with Crippen molar-refractivity contribution in [3.63, 3.8) is 0 Å². The Labute approximate surface area is 173 Å². The Hall–Kier alpha value is -2.34. The number of hydrogen-bond acceptors (Lipinski definition) is 8. The van der Waals surface area contributed by atoms with Gasteiger partial charge in [0.15, 0.2) is 5.82 Å². The van der Waals surface area contributed by atoms with Crippen LogP contribution in [0.5, 0.6) is 0 Å². The van der Waals surface area contributed by atoms with Crippen LogP contribution in [-0.2, 0) is 14.8 Å².